The molecule has 3 heteroatoms. The fourth-order valence-corrected chi connectivity index (χ4v) is 2.24. The molecule has 1 heterocycles. The molecule has 1 amide bonds. The van der Waals surface area contributed by atoms with Crippen molar-refractivity contribution in [3.63, 3.8) is 0 Å². The number of nitrogens with zero attached hydrogens (tertiary/aromatic N) is 1. The Balaban J connectivity index is 2.52. The van der Waals surface area contributed by atoms with Crippen LogP contribution in [0.25, 0.3) is 0 Å². The second-order valence-electron chi connectivity index (χ2n) is 5.19. The largest absolute Gasteiger partial charge is 0.335 e. The summed E-state index contributed by atoms with van der Waals surface area (Å²) < 4.78 is 0. The number of ketones is 1. The fraction of sp³-hybridized carbons (Fsp3) is 0.857. The van der Waals surface area contributed by atoms with Crippen molar-refractivity contribution >= 4 is 11.7 Å². The molecular formula is C14H25NO2. The van der Waals surface area contributed by atoms with Gasteiger partial charge in [-0.05, 0) is 25.2 Å². The first-order valence-corrected chi connectivity index (χ1v) is 6.88. The Morgan fingerprint density at radius 3 is 2.71 bits per heavy atom. The zero-order valence-corrected chi connectivity index (χ0v) is 11.4. The summed E-state index contributed by atoms with van der Waals surface area (Å²) in [6, 6.07) is 0. The van der Waals surface area contributed by atoms with Crippen LogP contribution in [-0.2, 0) is 9.59 Å². The number of carbonyl (C=O) groups excluding carboxylic acids is 2. The van der Waals surface area contributed by atoms with Gasteiger partial charge >= 0.3 is 0 Å². The van der Waals surface area contributed by atoms with Gasteiger partial charge in [0.1, 0.15) is 0 Å². The third kappa shape index (κ3) is 4.14. The molecule has 98 valence electrons. The summed E-state index contributed by atoms with van der Waals surface area (Å²) in [5.74, 6) is 1.10. The molecule has 1 rings (SSSR count). The molecule has 0 N–H and O–H groups in total. The molecule has 0 aromatic rings. The van der Waals surface area contributed by atoms with Crippen LogP contribution in [0, 0.1) is 11.8 Å². The summed E-state index contributed by atoms with van der Waals surface area (Å²) >= 11 is 0. The Labute approximate surface area is 105 Å². The van der Waals surface area contributed by atoms with E-state index in [0.717, 1.165) is 32.2 Å². The Morgan fingerprint density at radius 1 is 1.41 bits per heavy atom. The van der Waals surface area contributed by atoms with Crippen molar-refractivity contribution < 1.29 is 9.59 Å². The highest BCUT2D eigenvalue weighted by Gasteiger charge is 2.24. The standard InChI is InChI=1S/C14H25NO2/c1-4-11(3)13(16)10-15-9-8-12(5-2)6-7-14(15)17/h11-12H,4-10H2,1-3H3. The monoisotopic (exact) mass is 239 g/mol. The molecular weight excluding hydrogens is 214 g/mol. The van der Waals surface area contributed by atoms with E-state index in [2.05, 4.69) is 6.92 Å². The molecule has 0 aromatic heterocycles. The van der Waals surface area contributed by atoms with Gasteiger partial charge in [0.25, 0.3) is 0 Å². The topological polar surface area (TPSA) is 37.4 Å². The van der Waals surface area contributed by atoms with E-state index in [9.17, 15) is 9.59 Å². The number of hydrogen-bond acceptors (Lipinski definition) is 2. The lowest BCUT2D eigenvalue weighted by molar-refractivity contribution is -0.136. The predicted molar refractivity (Wildman–Crippen MR) is 68.7 cm³/mol. The highest BCUT2D eigenvalue weighted by atomic mass is 16.2. The SMILES string of the molecule is CCC1CCC(=O)N(CC(=O)C(C)CC)CC1. The number of rotatable bonds is 5. The first kappa shape index (κ1) is 14.2. The lowest BCUT2D eigenvalue weighted by Gasteiger charge is -2.21. The van der Waals surface area contributed by atoms with E-state index in [1.807, 2.05) is 13.8 Å². The lowest BCUT2D eigenvalue weighted by atomic mass is 9.98. The maximum absolute atomic E-state index is 11.9. The summed E-state index contributed by atoms with van der Waals surface area (Å²) in [5, 5.41) is 0. The maximum Gasteiger partial charge on any atom is 0.222 e. The van der Waals surface area contributed by atoms with Crippen LogP contribution in [-0.4, -0.2) is 29.7 Å². The molecule has 2 unspecified atom stereocenters. The third-order valence-corrected chi connectivity index (χ3v) is 4.01. The van der Waals surface area contributed by atoms with Crippen molar-refractivity contribution in [2.24, 2.45) is 11.8 Å². The molecule has 1 fully saturated rings. The highest BCUT2D eigenvalue weighted by molar-refractivity contribution is 5.87. The number of Topliss-reactive ketones (excluding diaryl/α,β-unsaturated/α-hetero) is 1. The van der Waals surface area contributed by atoms with E-state index in [0.29, 0.717) is 18.9 Å². The number of amides is 1. The van der Waals surface area contributed by atoms with Crippen molar-refractivity contribution in [1.29, 1.82) is 0 Å². The van der Waals surface area contributed by atoms with E-state index in [4.69, 9.17) is 0 Å². The zero-order chi connectivity index (χ0) is 12.8. The summed E-state index contributed by atoms with van der Waals surface area (Å²) in [6.07, 6.45) is 4.66. The van der Waals surface area contributed by atoms with Crippen LogP contribution in [0.15, 0.2) is 0 Å². The second-order valence-corrected chi connectivity index (χ2v) is 5.19. The average molecular weight is 239 g/mol. The van der Waals surface area contributed by atoms with Gasteiger partial charge < -0.3 is 4.90 Å². The Bertz CT molecular complexity index is 275. The Kier molecular flexibility index (Phi) is 5.66. The van der Waals surface area contributed by atoms with Gasteiger partial charge in [0.2, 0.25) is 5.91 Å². The van der Waals surface area contributed by atoms with Crippen LogP contribution >= 0.6 is 0 Å². The van der Waals surface area contributed by atoms with Crippen molar-refractivity contribution in [2.75, 3.05) is 13.1 Å². The summed E-state index contributed by atoms with van der Waals surface area (Å²) in [4.78, 5) is 25.5. The first-order valence-electron chi connectivity index (χ1n) is 6.88. The van der Waals surface area contributed by atoms with Crippen LogP contribution in [0.1, 0.15) is 52.9 Å². The summed E-state index contributed by atoms with van der Waals surface area (Å²) in [6.45, 7) is 7.22. The average Bonchev–Trinajstić information content (AvgIpc) is 2.51. The normalized spacial score (nSPS) is 23.4. The van der Waals surface area contributed by atoms with Gasteiger partial charge in [-0.1, -0.05) is 27.2 Å². The number of likely N-dealkylation sites (tertiary alicyclic amines) is 1. The molecule has 17 heavy (non-hydrogen) atoms. The minimum Gasteiger partial charge on any atom is -0.335 e. The molecule has 1 aliphatic rings. The molecule has 0 spiro atoms. The number of hydrogen-bond donors (Lipinski definition) is 0. The molecule has 0 aromatic carbocycles. The molecule has 0 radical (unpaired) electrons. The molecule has 2 atom stereocenters. The maximum atomic E-state index is 11.9. The molecule has 0 bridgehead atoms. The molecule has 3 nitrogen and oxygen atoms in total. The van der Waals surface area contributed by atoms with E-state index in [1.165, 1.54) is 0 Å². The molecule has 1 aliphatic heterocycles. The van der Waals surface area contributed by atoms with Gasteiger partial charge in [0, 0.05) is 18.9 Å². The van der Waals surface area contributed by atoms with Crippen molar-refractivity contribution in [1.82, 2.24) is 4.90 Å². The summed E-state index contributed by atoms with van der Waals surface area (Å²) in [5.41, 5.74) is 0. The van der Waals surface area contributed by atoms with E-state index < -0.39 is 0 Å². The first-order chi connectivity index (χ1) is 8.08. The molecule has 0 aliphatic carbocycles. The summed E-state index contributed by atoms with van der Waals surface area (Å²) in [7, 11) is 0. The van der Waals surface area contributed by atoms with E-state index in [-0.39, 0.29) is 17.6 Å². The quantitative estimate of drug-likeness (QED) is 0.739. The second kappa shape index (κ2) is 6.77. The smallest absolute Gasteiger partial charge is 0.222 e. The van der Waals surface area contributed by atoms with Gasteiger partial charge in [-0.2, -0.15) is 0 Å². The van der Waals surface area contributed by atoms with Gasteiger partial charge in [-0.15, -0.1) is 0 Å². The van der Waals surface area contributed by atoms with Crippen LogP contribution < -0.4 is 0 Å². The Morgan fingerprint density at radius 2 is 2.12 bits per heavy atom. The molecule has 1 saturated heterocycles. The Hall–Kier alpha value is -0.860. The van der Waals surface area contributed by atoms with Crippen molar-refractivity contribution in [3.8, 4) is 0 Å². The van der Waals surface area contributed by atoms with Crippen molar-refractivity contribution in [3.05, 3.63) is 0 Å². The highest BCUT2D eigenvalue weighted by Crippen LogP contribution is 2.21. The van der Waals surface area contributed by atoms with Crippen LogP contribution in [0.2, 0.25) is 0 Å². The minimum atomic E-state index is 0.0769. The van der Waals surface area contributed by atoms with Gasteiger partial charge in [-0.3, -0.25) is 9.59 Å². The van der Waals surface area contributed by atoms with Crippen molar-refractivity contribution in [2.45, 2.75) is 52.9 Å². The lowest BCUT2D eigenvalue weighted by Crippen LogP contribution is -2.37. The fourth-order valence-electron chi connectivity index (χ4n) is 2.24. The van der Waals surface area contributed by atoms with Crippen LogP contribution in [0.4, 0.5) is 0 Å². The van der Waals surface area contributed by atoms with Gasteiger partial charge in [-0.25, -0.2) is 0 Å². The van der Waals surface area contributed by atoms with Crippen LogP contribution in [0.5, 0.6) is 0 Å². The zero-order valence-electron chi connectivity index (χ0n) is 11.4. The van der Waals surface area contributed by atoms with Crippen LogP contribution in [0.3, 0.4) is 0 Å². The molecule has 0 saturated carbocycles. The van der Waals surface area contributed by atoms with E-state index >= 15 is 0 Å². The van der Waals surface area contributed by atoms with E-state index in [1.54, 1.807) is 4.90 Å². The number of carbonyl (C=O) groups is 2. The minimum absolute atomic E-state index is 0.0769. The third-order valence-electron chi connectivity index (χ3n) is 4.01. The predicted octanol–water partition coefficient (Wildman–Crippen LogP) is 2.64. The van der Waals surface area contributed by atoms with Gasteiger partial charge in [0.15, 0.2) is 5.78 Å². The van der Waals surface area contributed by atoms with Gasteiger partial charge in [0.05, 0.1) is 6.54 Å².